The molecular formula is C20H19BrN2. The average molecular weight is 367 g/mol. The molecule has 116 valence electrons. The molecule has 0 spiro atoms. The highest BCUT2D eigenvalue weighted by Crippen LogP contribution is 2.67. The summed E-state index contributed by atoms with van der Waals surface area (Å²) in [4.78, 5) is 10.2. The molecule has 0 aliphatic heterocycles. The van der Waals surface area contributed by atoms with Crippen LogP contribution in [0.4, 0.5) is 0 Å². The van der Waals surface area contributed by atoms with Gasteiger partial charge in [-0.3, -0.25) is 0 Å². The molecule has 2 aliphatic rings. The SMILES string of the molecule is C[C@@]12CC[C@H](c3nc4cc5ccccc5cc4nc31)[C@@]2(C)CBr. The first-order chi connectivity index (χ1) is 11.1. The molecule has 0 radical (unpaired) electrons. The van der Waals surface area contributed by atoms with Crippen LogP contribution in [0.15, 0.2) is 36.4 Å². The smallest absolute Gasteiger partial charge is 0.0897 e. The molecule has 0 saturated heterocycles. The number of halogens is 1. The number of nitrogens with zero attached hydrogens (tertiary/aromatic N) is 2. The van der Waals surface area contributed by atoms with Gasteiger partial charge in [0, 0.05) is 16.7 Å². The Kier molecular flexibility index (Phi) is 2.62. The Balaban J connectivity index is 1.84. The molecule has 0 unspecified atom stereocenters. The van der Waals surface area contributed by atoms with E-state index < -0.39 is 0 Å². The van der Waals surface area contributed by atoms with Crippen LogP contribution in [0.2, 0.25) is 0 Å². The Morgan fingerprint density at radius 3 is 2.39 bits per heavy atom. The largest absolute Gasteiger partial charge is 0.249 e. The summed E-state index contributed by atoms with van der Waals surface area (Å²) in [5, 5.41) is 3.50. The van der Waals surface area contributed by atoms with E-state index in [-0.39, 0.29) is 10.8 Å². The van der Waals surface area contributed by atoms with E-state index in [9.17, 15) is 0 Å². The van der Waals surface area contributed by atoms with Crippen LogP contribution in [0.5, 0.6) is 0 Å². The summed E-state index contributed by atoms with van der Waals surface area (Å²) in [6.07, 6.45) is 2.46. The Bertz CT molecular complexity index is 966. The fourth-order valence-corrected chi connectivity index (χ4v) is 5.90. The Morgan fingerprint density at radius 2 is 1.74 bits per heavy atom. The summed E-state index contributed by atoms with van der Waals surface area (Å²) in [6, 6.07) is 12.9. The zero-order chi connectivity index (χ0) is 15.8. The zero-order valence-electron chi connectivity index (χ0n) is 13.4. The normalized spacial score (nSPS) is 31.9. The van der Waals surface area contributed by atoms with E-state index >= 15 is 0 Å². The summed E-state index contributed by atoms with van der Waals surface area (Å²) >= 11 is 3.78. The third kappa shape index (κ3) is 1.54. The number of aromatic nitrogens is 2. The first kappa shape index (κ1) is 13.9. The van der Waals surface area contributed by atoms with Crippen molar-refractivity contribution in [2.75, 3.05) is 5.33 Å². The van der Waals surface area contributed by atoms with E-state index in [0.29, 0.717) is 5.92 Å². The highest BCUT2D eigenvalue weighted by Gasteiger charge is 2.63. The van der Waals surface area contributed by atoms with Crippen molar-refractivity contribution >= 4 is 37.7 Å². The standard InChI is InChI=1S/C20H19BrN2/c1-19-8-7-14(20(19,2)11-21)17-18(19)23-16-10-13-6-4-3-5-12(13)9-15(16)22-17/h3-6,9-10,14H,7-8,11H2,1-2H3/t14-,19-,20-/m1/s1. The second kappa shape index (κ2) is 4.32. The zero-order valence-corrected chi connectivity index (χ0v) is 15.0. The predicted octanol–water partition coefficient (Wildman–Crippen LogP) is 5.33. The lowest BCUT2D eigenvalue weighted by Gasteiger charge is -2.36. The van der Waals surface area contributed by atoms with Gasteiger partial charge in [0.25, 0.3) is 0 Å². The van der Waals surface area contributed by atoms with Gasteiger partial charge in [-0.1, -0.05) is 54.0 Å². The van der Waals surface area contributed by atoms with Gasteiger partial charge in [0.15, 0.2) is 0 Å². The molecule has 3 atom stereocenters. The Labute approximate surface area is 144 Å². The third-order valence-electron chi connectivity index (χ3n) is 6.65. The molecule has 1 saturated carbocycles. The van der Waals surface area contributed by atoms with Gasteiger partial charge in [0.2, 0.25) is 0 Å². The number of hydrogen-bond donors (Lipinski definition) is 0. The second-order valence-corrected chi connectivity index (χ2v) is 8.18. The van der Waals surface area contributed by atoms with E-state index in [1.807, 2.05) is 0 Å². The molecule has 0 amide bonds. The van der Waals surface area contributed by atoms with E-state index in [1.54, 1.807) is 0 Å². The topological polar surface area (TPSA) is 25.8 Å². The third-order valence-corrected chi connectivity index (χ3v) is 7.82. The van der Waals surface area contributed by atoms with Crippen molar-refractivity contribution in [3.63, 3.8) is 0 Å². The molecule has 1 heterocycles. The van der Waals surface area contributed by atoms with Crippen LogP contribution in [0.3, 0.4) is 0 Å². The van der Waals surface area contributed by atoms with Crippen molar-refractivity contribution in [1.29, 1.82) is 0 Å². The van der Waals surface area contributed by atoms with Crippen LogP contribution in [0.25, 0.3) is 21.8 Å². The van der Waals surface area contributed by atoms with Crippen LogP contribution in [0.1, 0.15) is 44.0 Å². The van der Waals surface area contributed by atoms with Gasteiger partial charge in [-0.05, 0) is 41.2 Å². The van der Waals surface area contributed by atoms with Crippen molar-refractivity contribution in [1.82, 2.24) is 9.97 Å². The van der Waals surface area contributed by atoms with Crippen LogP contribution < -0.4 is 0 Å². The molecule has 2 aromatic carbocycles. The number of alkyl halides is 1. The van der Waals surface area contributed by atoms with Gasteiger partial charge >= 0.3 is 0 Å². The van der Waals surface area contributed by atoms with E-state index in [4.69, 9.17) is 9.97 Å². The highest BCUT2D eigenvalue weighted by atomic mass is 79.9. The fourth-order valence-electron chi connectivity index (χ4n) is 4.89. The van der Waals surface area contributed by atoms with E-state index in [0.717, 1.165) is 16.4 Å². The van der Waals surface area contributed by atoms with Crippen LogP contribution in [-0.2, 0) is 5.41 Å². The first-order valence-corrected chi connectivity index (χ1v) is 9.46. The van der Waals surface area contributed by atoms with Crippen molar-refractivity contribution in [3.8, 4) is 0 Å². The summed E-state index contributed by atoms with van der Waals surface area (Å²) in [7, 11) is 0. The molecule has 23 heavy (non-hydrogen) atoms. The number of hydrogen-bond acceptors (Lipinski definition) is 2. The summed E-state index contributed by atoms with van der Waals surface area (Å²) in [5.74, 6) is 0.533. The van der Waals surface area contributed by atoms with E-state index in [2.05, 4.69) is 66.2 Å². The average Bonchev–Trinajstić information content (AvgIpc) is 2.93. The second-order valence-electron chi connectivity index (χ2n) is 7.62. The monoisotopic (exact) mass is 366 g/mol. The molecular weight excluding hydrogens is 348 g/mol. The molecule has 2 nitrogen and oxygen atoms in total. The maximum atomic E-state index is 5.12. The Hall–Kier alpha value is -1.48. The fraction of sp³-hybridized carbons (Fsp3) is 0.400. The predicted molar refractivity (Wildman–Crippen MR) is 98.3 cm³/mol. The maximum absolute atomic E-state index is 5.12. The van der Waals surface area contributed by atoms with Crippen LogP contribution in [-0.4, -0.2) is 15.3 Å². The summed E-state index contributed by atoms with van der Waals surface area (Å²) < 4.78 is 0. The first-order valence-electron chi connectivity index (χ1n) is 8.34. The van der Waals surface area contributed by atoms with Crippen molar-refractivity contribution in [2.24, 2.45) is 5.41 Å². The molecule has 0 N–H and O–H groups in total. The summed E-state index contributed by atoms with van der Waals surface area (Å²) in [5.41, 5.74) is 4.95. The quantitative estimate of drug-likeness (QED) is 0.429. The molecule has 5 rings (SSSR count). The molecule has 3 heteroatoms. The van der Waals surface area contributed by atoms with Gasteiger partial charge in [-0.2, -0.15) is 0 Å². The highest BCUT2D eigenvalue weighted by molar-refractivity contribution is 9.09. The van der Waals surface area contributed by atoms with E-state index in [1.165, 1.54) is 35.0 Å². The van der Waals surface area contributed by atoms with Gasteiger partial charge < -0.3 is 0 Å². The van der Waals surface area contributed by atoms with Crippen LogP contribution >= 0.6 is 15.9 Å². The lowest BCUT2D eigenvalue weighted by Crippen LogP contribution is -2.36. The molecule has 3 aromatic rings. The lowest BCUT2D eigenvalue weighted by molar-refractivity contribution is 0.236. The lowest BCUT2D eigenvalue weighted by atomic mass is 9.70. The van der Waals surface area contributed by atoms with Gasteiger partial charge in [0.1, 0.15) is 0 Å². The molecule has 1 aromatic heterocycles. The number of benzene rings is 2. The summed E-state index contributed by atoms with van der Waals surface area (Å²) in [6.45, 7) is 4.80. The molecule has 2 bridgehead atoms. The van der Waals surface area contributed by atoms with Crippen molar-refractivity contribution in [3.05, 3.63) is 47.8 Å². The van der Waals surface area contributed by atoms with Gasteiger partial charge in [-0.25, -0.2) is 9.97 Å². The minimum Gasteiger partial charge on any atom is -0.249 e. The van der Waals surface area contributed by atoms with Crippen molar-refractivity contribution < 1.29 is 0 Å². The van der Waals surface area contributed by atoms with Gasteiger partial charge in [-0.15, -0.1) is 0 Å². The minimum atomic E-state index is 0.142. The molecule has 1 fully saturated rings. The number of rotatable bonds is 1. The number of fused-ring (bicyclic) bond motifs is 7. The van der Waals surface area contributed by atoms with Gasteiger partial charge in [0.05, 0.1) is 22.4 Å². The minimum absolute atomic E-state index is 0.142. The molecule has 2 aliphatic carbocycles. The Morgan fingerprint density at radius 1 is 1.09 bits per heavy atom. The maximum Gasteiger partial charge on any atom is 0.0897 e. The van der Waals surface area contributed by atoms with Crippen LogP contribution in [0, 0.1) is 5.41 Å². The van der Waals surface area contributed by atoms with Crippen molar-refractivity contribution in [2.45, 2.75) is 38.0 Å².